The van der Waals surface area contributed by atoms with Gasteiger partial charge in [-0.05, 0) is 14.1 Å². The molecule has 0 atom stereocenters. The standard InChI is InChI=1S/C5H11NO2.ClH.H3N/c1-6(2)4-3-5(7)8;;/h3-4H2,1-2H3,(H,7,8);1H;1H3. The van der Waals surface area contributed by atoms with Gasteiger partial charge in [0.05, 0.1) is 6.42 Å². The van der Waals surface area contributed by atoms with Gasteiger partial charge in [0.15, 0.2) is 0 Å². The fraction of sp³-hybridized carbons (Fsp3) is 0.800. The fourth-order valence-corrected chi connectivity index (χ4v) is 0.319. The molecule has 0 rings (SSSR count). The number of nitrogens with zero attached hydrogens (tertiary/aromatic N) is 1. The van der Waals surface area contributed by atoms with Gasteiger partial charge in [0, 0.05) is 6.54 Å². The Labute approximate surface area is 67.2 Å². The van der Waals surface area contributed by atoms with E-state index < -0.39 is 5.97 Å². The zero-order valence-electron chi connectivity index (χ0n) is 6.33. The van der Waals surface area contributed by atoms with E-state index in [0.717, 1.165) is 0 Å². The van der Waals surface area contributed by atoms with E-state index in [1.165, 1.54) is 0 Å². The monoisotopic (exact) mass is 170 g/mol. The molecule has 0 saturated carbocycles. The van der Waals surface area contributed by atoms with E-state index in [2.05, 4.69) is 0 Å². The third-order valence-corrected chi connectivity index (χ3v) is 0.773. The maximum absolute atomic E-state index is 9.88. The first-order chi connectivity index (χ1) is 3.63. The molecule has 4 N–H and O–H groups in total. The summed E-state index contributed by atoms with van der Waals surface area (Å²) in [5, 5.41) is 8.14. The van der Waals surface area contributed by atoms with Gasteiger partial charge in [-0.1, -0.05) is 0 Å². The average Bonchev–Trinajstić information content (AvgIpc) is 1.61. The minimum atomic E-state index is -0.737. The summed E-state index contributed by atoms with van der Waals surface area (Å²) in [5.41, 5.74) is 0. The van der Waals surface area contributed by atoms with E-state index in [-0.39, 0.29) is 25.0 Å². The number of carbonyl (C=O) groups is 1. The molecule has 0 heterocycles. The summed E-state index contributed by atoms with van der Waals surface area (Å²) >= 11 is 0. The normalized spacial score (nSPS) is 7.90. The van der Waals surface area contributed by atoms with Crippen molar-refractivity contribution in [2.45, 2.75) is 6.42 Å². The summed E-state index contributed by atoms with van der Waals surface area (Å²) in [6.45, 7) is 0.620. The third-order valence-electron chi connectivity index (χ3n) is 0.773. The van der Waals surface area contributed by atoms with Gasteiger partial charge in [0.2, 0.25) is 0 Å². The Kier molecular flexibility index (Phi) is 14.2. The lowest BCUT2D eigenvalue weighted by molar-refractivity contribution is -0.137. The van der Waals surface area contributed by atoms with Crippen LogP contribution in [0.4, 0.5) is 0 Å². The van der Waals surface area contributed by atoms with Crippen molar-refractivity contribution in [3.8, 4) is 0 Å². The number of aliphatic carboxylic acids is 1. The largest absolute Gasteiger partial charge is 0.481 e. The maximum atomic E-state index is 9.88. The second-order valence-corrected chi connectivity index (χ2v) is 1.95. The Morgan fingerprint density at radius 1 is 1.50 bits per heavy atom. The predicted octanol–water partition coefficient (Wildman–Crippen LogP) is 0.606. The molecule has 0 amide bonds. The summed E-state index contributed by atoms with van der Waals surface area (Å²) < 4.78 is 0. The predicted molar refractivity (Wildman–Crippen MR) is 43.1 cm³/mol. The third kappa shape index (κ3) is 15.6. The Balaban J connectivity index is -0.000000245. The van der Waals surface area contributed by atoms with Crippen molar-refractivity contribution in [3.05, 3.63) is 0 Å². The number of hydrogen-bond acceptors (Lipinski definition) is 3. The molecule has 0 aliphatic heterocycles. The van der Waals surface area contributed by atoms with Crippen LogP contribution in [-0.2, 0) is 4.79 Å². The highest BCUT2D eigenvalue weighted by molar-refractivity contribution is 5.85. The molecule has 0 aliphatic carbocycles. The number of halogens is 1. The second-order valence-electron chi connectivity index (χ2n) is 1.95. The van der Waals surface area contributed by atoms with Crippen molar-refractivity contribution in [1.29, 1.82) is 0 Å². The topological polar surface area (TPSA) is 75.5 Å². The van der Waals surface area contributed by atoms with Gasteiger partial charge in [0.1, 0.15) is 0 Å². The van der Waals surface area contributed by atoms with Crippen molar-refractivity contribution in [2.24, 2.45) is 0 Å². The molecule has 0 fully saturated rings. The fourth-order valence-electron chi connectivity index (χ4n) is 0.319. The number of hydrogen-bond donors (Lipinski definition) is 2. The summed E-state index contributed by atoms with van der Waals surface area (Å²) in [4.78, 5) is 11.7. The van der Waals surface area contributed by atoms with Crippen LogP contribution in [0.15, 0.2) is 0 Å². The summed E-state index contributed by atoms with van der Waals surface area (Å²) in [6.07, 6.45) is 0.229. The first kappa shape index (κ1) is 16.3. The van der Waals surface area contributed by atoms with E-state index in [0.29, 0.717) is 6.54 Å². The SMILES string of the molecule is CN(C)CCC(=O)O.Cl.N. The smallest absolute Gasteiger partial charge is 0.304 e. The van der Waals surface area contributed by atoms with Gasteiger partial charge in [-0.2, -0.15) is 0 Å². The van der Waals surface area contributed by atoms with E-state index >= 15 is 0 Å². The minimum Gasteiger partial charge on any atom is -0.481 e. The molecule has 0 unspecified atom stereocenters. The van der Waals surface area contributed by atoms with E-state index in [4.69, 9.17) is 5.11 Å². The maximum Gasteiger partial charge on any atom is 0.304 e. The van der Waals surface area contributed by atoms with Crippen LogP contribution in [0.1, 0.15) is 6.42 Å². The second kappa shape index (κ2) is 8.68. The first-order valence-corrected chi connectivity index (χ1v) is 2.49. The molecule has 0 saturated heterocycles. The van der Waals surface area contributed by atoms with Crippen molar-refractivity contribution in [3.63, 3.8) is 0 Å². The van der Waals surface area contributed by atoms with E-state index in [1.54, 1.807) is 0 Å². The Morgan fingerprint density at radius 3 is 2.00 bits per heavy atom. The molecular formula is C5H15ClN2O2. The van der Waals surface area contributed by atoms with Crippen LogP contribution in [0, 0.1) is 0 Å². The molecule has 0 aromatic carbocycles. The Bertz CT molecular complexity index is 87.7. The first-order valence-electron chi connectivity index (χ1n) is 2.49. The van der Waals surface area contributed by atoms with E-state index in [1.807, 2.05) is 19.0 Å². The molecule has 0 spiro atoms. The molecule has 5 heteroatoms. The van der Waals surface area contributed by atoms with Gasteiger partial charge in [-0.15, -0.1) is 12.4 Å². The number of carboxylic acids is 1. The van der Waals surface area contributed by atoms with Crippen molar-refractivity contribution in [1.82, 2.24) is 11.1 Å². The highest BCUT2D eigenvalue weighted by Gasteiger charge is 1.95. The summed E-state index contributed by atoms with van der Waals surface area (Å²) in [7, 11) is 3.70. The minimum absolute atomic E-state index is 0. The highest BCUT2D eigenvalue weighted by atomic mass is 35.5. The zero-order chi connectivity index (χ0) is 6.57. The highest BCUT2D eigenvalue weighted by Crippen LogP contribution is 1.80. The Morgan fingerprint density at radius 2 is 1.90 bits per heavy atom. The lowest BCUT2D eigenvalue weighted by Gasteiger charge is -2.04. The van der Waals surface area contributed by atoms with Crippen LogP contribution in [-0.4, -0.2) is 36.6 Å². The molecule has 64 valence electrons. The van der Waals surface area contributed by atoms with Crippen LogP contribution in [0.2, 0.25) is 0 Å². The molecule has 0 aliphatic rings. The molecule has 10 heavy (non-hydrogen) atoms. The van der Waals surface area contributed by atoms with Gasteiger partial charge in [-0.3, -0.25) is 4.79 Å². The van der Waals surface area contributed by atoms with Crippen LogP contribution in [0.25, 0.3) is 0 Å². The lowest BCUT2D eigenvalue weighted by atomic mass is 10.4. The Hall–Kier alpha value is -0.320. The van der Waals surface area contributed by atoms with Crippen LogP contribution in [0.3, 0.4) is 0 Å². The molecule has 0 bridgehead atoms. The quantitative estimate of drug-likeness (QED) is 0.651. The number of carboxylic acid groups (broad SMARTS) is 1. The van der Waals surface area contributed by atoms with Crippen molar-refractivity contribution < 1.29 is 9.90 Å². The van der Waals surface area contributed by atoms with Crippen LogP contribution < -0.4 is 6.15 Å². The molecule has 0 aromatic rings. The van der Waals surface area contributed by atoms with Gasteiger partial charge < -0.3 is 16.2 Å². The van der Waals surface area contributed by atoms with Gasteiger partial charge in [-0.25, -0.2) is 0 Å². The molecule has 0 aromatic heterocycles. The molecule has 4 nitrogen and oxygen atoms in total. The van der Waals surface area contributed by atoms with Crippen molar-refractivity contribution >= 4 is 18.4 Å². The molecule has 0 radical (unpaired) electrons. The van der Waals surface area contributed by atoms with E-state index in [9.17, 15) is 4.79 Å². The van der Waals surface area contributed by atoms with Crippen LogP contribution >= 0.6 is 12.4 Å². The van der Waals surface area contributed by atoms with Gasteiger partial charge in [0.25, 0.3) is 0 Å². The molecular weight excluding hydrogens is 156 g/mol. The zero-order valence-corrected chi connectivity index (χ0v) is 7.15. The van der Waals surface area contributed by atoms with Crippen molar-refractivity contribution in [2.75, 3.05) is 20.6 Å². The average molecular weight is 171 g/mol. The van der Waals surface area contributed by atoms with Crippen LogP contribution in [0.5, 0.6) is 0 Å². The summed E-state index contributed by atoms with van der Waals surface area (Å²) in [6, 6.07) is 0. The summed E-state index contributed by atoms with van der Waals surface area (Å²) in [5.74, 6) is -0.737. The van der Waals surface area contributed by atoms with Gasteiger partial charge >= 0.3 is 5.97 Å². The number of rotatable bonds is 3. The lowest BCUT2D eigenvalue weighted by Crippen LogP contribution is -2.15.